The van der Waals surface area contributed by atoms with Crippen LogP contribution in [-0.2, 0) is 20.7 Å². The Hall–Kier alpha value is -5.52. The number of rotatable bonds is 6. The van der Waals surface area contributed by atoms with Crippen molar-refractivity contribution in [3.8, 4) is 11.5 Å². The Morgan fingerprint density at radius 1 is 1.00 bits per heavy atom. The molecule has 1 aromatic heterocycles. The van der Waals surface area contributed by atoms with Crippen molar-refractivity contribution in [2.75, 3.05) is 31.5 Å². The number of methoxy groups -OCH3 is 2. The predicted octanol–water partition coefficient (Wildman–Crippen LogP) is 4.14. The molecular formula is C31H30N4O8. The van der Waals surface area contributed by atoms with E-state index in [0.29, 0.717) is 45.0 Å². The molecule has 2 atom stereocenters. The smallest absolute Gasteiger partial charge is 0.411 e. The molecular weight excluding hydrogens is 556 g/mol. The Morgan fingerprint density at radius 2 is 1.77 bits per heavy atom. The number of hydrogen-bond acceptors (Lipinski definition) is 8. The molecule has 0 saturated heterocycles. The number of carboxylic acid groups (broad SMARTS) is 1. The summed E-state index contributed by atoms with van der Waals surface area (Å²) < 4.78 is 16.7. The largest absolute Gasteiger partial charge is 0.496 e. The van der Waals surface area contributed by atoms with Crippen molar-refractivity contribution in [3.63, 3.8) is 0 Å². The summed E-state index contributed by atoms with van der Waals surface area (Å²) in [6.07, 6.45) is 0.694. The van der Waals surface area contributed by atoms with Crippen molar-refractivity contribution < 1.29 is 33.7 Å². The number of amides is 2. The molecule has 0 spiro atoms. The summed E-state index contributed by atoms with van der Waals surface area (Å²) in [7, 11) is 2.95. The maximum absolute atomic E-state index is 14.1. The molecule has 2 aliphatic rings. The summed E-state index contributed by atoms with van der Waals surface area (Å²) in [5, 5.41) is 19.5. The zero-order valence-electron chi connectivity index (χ0n) is 23.4. The van der Waals surface area contributed by atoms with Crippen molar-refractivity contribution in [1.82, 2.24) is 10.3 Å². The minimum absolute atomic E-state index is 0.00697. The second kappa shape index (κ2) is 12.6. The SMILES string of the molecule is COc1cc2cc(OC)c1CCOC(=O)Nc1cccc(c1)C(CC(=O)O)NC(=O)[C@@H]2Nc1ccc2cc[nH]c(=O)c2c1. The lowest BCUT2D eigenvalue weighted by Crippen LogP contribution is -2.37. The van der Waals surface area contributed by atoms with E-state index in [4.69, 9.17) is 14.2 Å². The molecule has 2 aliphatic heterocycles. The maximum Gasteiger partial charge on any atom is 0.411 e. The monoisotopic (exact) mass is 586 g/mol. The van der Waals surface area contributed by atoms with E-state index in [2.05, 4.69) is 20.9 Å². The van der Waals surface area contributed by atoms with Gasteiger partial charge in [-0.1, -0.05) is 18.2 Å². The average molecular weight is 587 g/mol. The molecule has 43 heavy (non-hydrogen) atoms. The van der Waals surface area contributed by atoms with Crippen LogP contribution in [0.4, 0.5) is 16.2 Å². The van der Waals surface area contributed by atoms with Crippen molar-refractivity contribution in [1.29, 1.82) is 0 Å². The molecule has 4 bridgehead atoms. The molecule has 12 nitrogen and oxygen atoms in total. The lowest BCUT2D eigenvalue weighted by atomic mass is 9.98. The van der Waals surface area contributed by atoms with Crippen LogP contribution in [0.5, 0.6) is 11.5 Å². The molecule has 222 valence electrons. The number of benzene rings is 3. The van der Waals surface area contributed by atoms with Crippen LogP contribution >= 0.6 is 0 Å². The second-order valence-electron chi connectivity index (χ2n) is 9.89. The zero-order valence-corrected chi connectivity index (χ0v) is 23.4. The van der Waals surface area contributed by atoms with Crippen LogP contribution in [0.1, 0.15) is 35.2 Å². The van der Waals surface area contributed by atoms with Gasteiger partial charge in [0.05, 0.1) is 33.3 Å². The number of H-pyrrole nitrogens is 1. The molecule has 1 unspecified atom stereocenters. The van der Waals surface area contributed by atoms with Gasteiger partial charge in [0.25, 0.3) is 5.56 Å². The number of carbonyl (C=O) groups is 3. The van der Waals surface area contributed by atoms with Gasteiger partial charge in [-0.2, -0.15) is 0 Å². The number of ether oxygens (including phenoxy) is 3. The van der Waals surface area contributed by atoms with Crippen LogP contribution in [0.25, 0.3) is 10.8 Å². The van der Waals surface area contributed by atoms with Crippen molar-refractivity contribution >= 4 is 40.1 Å². The van der Waals surface area contributed by atoms with Crippen LogP contribution in [-0.4, -0.2) is 48.9 Å². The average Bonchev–Trinajstić information content (AvgIpc) is 2.99. The highest BCUT2D eigenvalue weighted by Gasteiger charge is 2.28. The Morgan fingerprint density at radius 3 is 2.49 bits per heavy atom. The number of nitrogens with one attached hydrogen (secondary N) is 4. The van der Waals surface area contributed by atoms with E-state index in [-0.39, 0.29) is 18.6 Å². The van der Waals surface area contributed by atoms with Gasteiger partial charge in [0.15, 0.2) is 0 Å². The molecule has 4 aromatic rings. The first-order chi connectivity index (χ1) is 20.7. The first-order valence-corrected chi connectivity index (χ1v) is 13.4. The van der Waals surface area contributed by atoms with E-state index in [0.717, 1.165) is 5.39 Å². The van der Waals surface area contributed by atoms with Gasteiger partial charge < -0.3 is 34.9 Å². The quantitative estimate of drug-likeness (QED) is 0.223. The van der Waals surface area contributed by atoms with Crippen LogP contribution < -0.4 is 31.0 Å². The number of aromatic amines is 1. The summed E-state index contributed by atoms with van der Waals surface area (Å²) >= 11 is 0. The highest BCUT2D eigenvalue weighted by molar-refractivity contribution is 5.90. The number of anilines is 2. The highest BCUT2D eigenvalue weighted by atomic mass is 16.5. The van der Waals surface area contributed by atoms with Crippen LogP contribution in [0.2, 0.25) is 0 Å². The zero-order chi connectivity index (χ0) is 30.5. The lowest BCUT2D eigenvalue weighted by molar-refractivity contribution is -0.137. The molecule has 0 saturated carbocycles. The minimum Gasteiger partial charge on any atom is -0.496 e. The third-order valence-corrected chi connectivity index (χ3v) is 7.13. The molecule has 2 amide bonds. The third kappa shape index (κ3) is 6.53. The summed E-state index contributed by atoms with van der Waals surface area (Å²) in [5.74, 6) is -0.891. The second-order valence-corrected chi connectivity index (χ2v) is 9.89. The number of pyridine rings is 1. The minimum atomic E-state index is -1.14. The van der Waals surface area contributed by atoms with Gasteiger partial charge in [-0.05, 0) is 59.0 Å². The summed E-state index contributed by atoms with van der Waals surface area (Å²) in [5.41, 5.74) is 2.10. The summed E-state index contributed by atoms with van der Waals surface area (Å²) in [6, 6.07) is 14.7. The maximum atomic E-state index is 14.1. The first-order valence-electron chi connectivity index (χ1n) is 13.4. The lowest BCUT2D eigenvalue weighted by Gasteiger charge is -2.26. The summed E-state index contributed by atoms with van der Waals surface area (Å²) in [6.45, 7) is 0.00697. The van der Waals surface area contributed by atoms with Crippen LogP contribution in [0.15, 0.2) is 71.7 Å². The van der Waals surface area contributed by atoms with Gasteiger partial charge >= 0.3 is 12.1 Å². The standard InChI is InChI=1S/C31H30N4O8/c1-41-25-13-19-14-26(42-2)22(25)9-11-43-31(40)34-20-5-3-4-18(12-20)24(16-27(36)37)35-30(39)28(19)33-21-7-6-17-8-10-32-29(38)23(17)15-21/h3-8,10,12-15,24,28,33H,9,11,16H2,1-2H3,(H,32,38)(H,34,40)(H,35,39)(H,36,37)/t24?,28-/m1/s1. The van der Waals surface area contributed by atoms with Crippen LogP contribution in [0, 0.1) is 0 Å². The van der Waals surface area contributed by atoms with Gasteiger partial charge in [-0.3, -0.25) is 19.7 Å². The molecule has 3 aromatic carbocycles. The van der Waals surface area contributed by atoms with Crippen molar-refractivity contribution in [2.24, 2.45) is 0 Å². The predicted molar refractivity (Wildman–Crippen MR) is 159 cm³/mol. The van der Waals surface area contributed by atoms with Crippen LogP contribution in [0.3, 0.4) is 0 Å². The van der Waals surface area contributed by atoms with E-state index in [1.54, 1.807) is 66.9 Å². The van der Waals surface area contributed by atoms with Crippen molar-refractivity contribution in [3.05, 3.63) is 93.9 Å². The molecule has 0 radical (unpaired) electrons. The highest BCUT2D eigenvalue weighted by Crippen LogP contribution is 2.35. The normalized spacial score (nSPS) is 17.0. The van der Waals surface area contributed by atoms with Crippen molar-refractivity contribution in [2.45, 2.75) is 24.9 Å². The van der Waals surface area contributed by atoms with Gasteiger partial charge in [0, 0.05) is 34.9 Å². The molecule has 6 rings (SSSR count). The Labute approximate surface area is 246 Å². The topological polar surface area (TPSA) is 168 Å². The fourth-order valence-electron chi connectivity index (χ4n) is 5.07. The van der Waals surface area contributed by atoms with Gasteiger partial charge in [-0.15, -0.1) is 0 Å². The molecule has 0 aliphatic carbocycles. The molecule has 3 heterocycles. The van der Waals surface area contributed by atoms with Gasteiger partial charge in [0.1, 0.15) is 17.5 Å². The number of carboxylic acids is 1. The van der Waals surface area contributed by atoms with E-state index in [9.17, 15) is 24.3 Å². The van der Waals surface area contributed by atoms with E-state index in [1.165, 1.54) is 14.2 Å². The Kier molecular flexibility index (Phi) is 8.46. The van der Waals surface area contributed by atoms with Gasteiger partial charge in [-0.25, -0.2) is 4.79 Å². The number of hydrogen-bond donors (Lipinski definition) is 5. The van der Waals surface area contributed by atoms with Gasteiger partial charge in [0.2, 0.25) is 5.91 Å². The fraction of sp³-hybridized carbons (Fsp3) is 0.226. The van der Waals surface area contributed by atoms with E-state index in [1.807, 2.05) is 0 Å². The number of aromatic nitrogens is 1. The number of aliphatic carboxylic acids is 1. The van der Waals surface area contributed by atoms with E-state index >= 15 is 0 Å². The molecule has 0 fully saturated rings. The molecule has 5 N–H and O–H groups in total. The Bertz CT molecular complexity index is 1730. The first kappa shape index (κ1) is 29.0. The van der Waals surface area contributed by atoms with E-state index < -0.39 is 36.5 Å². The Balaban J connectivity index is 1.64. The molecule has 12 heteroatoms. The number of fused-ring (bicyclic) bond motifs is 10. The summed E-state index contributed by atoms with van der Waals surface area (Å²) in [4.78, 5) is 53.5. The fourth-order valence-corrected chi connectivity index (χ4v) is 5.07. The number of carbonyl (C=O) groups excluding carboxylic acids is 2. The third-order valence-electron chi connectivity index (χ3n) is 7.13.